The van der Waals surface area contributed by atoms with E-state index in [1.165, 1.54) is 5.56 Å². The highest BCUT2D eigenvalue weighted by molar-refractivity contribution is 5.94. The molecule has 2 heterocycles. The number of nitrogen functional groups attached to an aromatic ring is 1. The van der Waals surface area contributed by atoms with Gasteiger partial charge in [-0.05, 0) is 42.2 Å². The Labute approximate surface area is 118 Å². The van der Waals surface area contributed by atoms with Crippen molar-refractivity contribution in [3.63, 3.8) is 0 Å². The molecule has 0 saturated carbocycles. The summed E-state index contributed by atoms with van der Waals surface area (Å²) >= 11 is 0. The van der Waals surface area contributed by atoms with Crippen LogP contribution in [0.5, 0.6) is 0 Å². The molecule has 4 heteroatoms. The van der Waals surface area contributed by atoms with Crippen molar-refractivity contribution in [1.29, 1.82) is 0 Å². The van der Waals surface area contributed by atoms with Crippen molar-refractivity contribution in [2.24, 2.45) is 0 Å². The van der Waals surface area contributed by atoms with Gasteiger partial charge in [0.05, 0.1) is 5.56 Å². The molecule has 0 unspecified atom stereocenters. The van der Waals surface area contributed by atoms with E-state index in [0.29, 0.717) is 12.1 Å². The number of pyridine rings is 1. The maximum absolute atomic E-state index is 12.5. The first-order chi connectivity index (χ1) is 9.65. The number of rotatable bonds is 1. The summed E-state index contributed by atoms with van der Waals surface area (Å²) in [5, 5.41) is 0. The molecule has 3 rings (SSSR count). The Morgan fingerprint density at radius 1 is 1.35 bits per heavy atom. The van der Waals surface area contributed by atoms with Crippen LogP contribution in [0.25, 0.3) is 0 Å². The molecule has 2 N–H and O–H groups in total. The topological polar surface area (TPSA) is 59.2 Å². The second-order valence-corrected chi connectivity index (χ2v) is 5.21. The van der Waals surface area contributed by atoms with Crippen molar-refractivity contribution >= 4 is 11.6 Å². The number of fused-ring (bicyclic) bond motifs is 1. The second-order valence-electron chi connectivity index (χ2n) is 5.21. The van der Waals surface area contributed by atoms with Gasteiger partial charge in [0, 0.05) is 31.2 Å². The van der Waals surface area contributed by atoms with Crippen LogP contribution in [0.1, 0.15) is 27.0 Å². The van der Waals surface area contributed by atoms with Gasteiger partial charge in [0.25, 0.3) is 5.91 Å². The van der Waals surface area contributed by atoms with Crippen LogP contribution in [0, 0.1) is 6.92 Å². The van der Waals surface area contributed by atoms with E-state index in [0.717, 1.165) is 29.8 Å². The molecule has 4 nitrogen and oxygen atoms in total. The maximum Gasteiger partial charge on any atom is 0.255 e. The van der Waals surface area contributed by atoms with E-state index in [2.05, 4.69) is 11.1 Å². The summed E-state index contributed by atoms with van der Waals surface area (Å²) in [5.41, 5.74) is 10.7. The Balaban J connectivity index is 1.87. The summed E-state index contributed by atoms with van der Waals surface area (Å²) in [6, 6.07) is 7.82. The summed E-state index contributed by atoms with van der Waals surface area (Å²) < 4.78 is 0. The molecule has 0 fully saturated rings. The van der Waals surface area contributed by atoms with E-state index in [-0.39, 0.29) is 5.91 Å². The van der Waals surface area contributed by atoms with Gasteiger partial charge in [-0.15, -0.1) is 0 Å². The van der Waals surface area contributed by atoms with E-state index in [1.807, 2.05) is 30.0 Å². The molecule has 20 heavy (non-hydrogen) atoms. The first-order valence-corrected chi connectivity index (χ1v) is 6.72. The number of hydrogen-bond donors (Lipinski definition) is 1. The normalized spacial score (nSPS) is 13.9. The zero-order valence-electron chi connectivity index (χ0n) is 11.5. The number of carbonyl (C=O) groups excluding carboxylic acids is 1. The molecule has 1 aliphatic rings. The minimum atomic E-state index is 0.0232. The molecule has 0 radical (unpaired) electrons. The molecule has 102 valence electrons. The predicted octanol–water partition coefficient (Wildman–Crippen LogP) is 2.17. The SMILES string of the molecule is Cc1cncc(C(=O)N2CCc3cccc(N)c3C2)c1. The van der Waals surface area contributed by atoms with Crippen molar-refractivity contribution in [3.8, 4) is 0 Å². The van der Waals surface area contributed by atoms with Crippen molar-refractivity contribution in [3.05, 3.63) is 58.9 Å². The number of aryl methyl sites for hydroxylation is 1. The van der Waals surface area contributed by atoms with Crippen molar-refractivity contribution in [2.75, 3.05) is 12.3 Å². The highest BCUT2D eigenvalue weighted by Gasteiger charge is 2.23. The Hall–Kier alpha value is -2.36. The molecule has 2 aromatic rings. The number of anilines is 1. The predicted molar refractivity (Wildman–Crippen MR) is 78.3 cm³/mol. The lowest BCUT2D eigenvalue weighted by Crippen LogP contribution is -2.36. The van der Waals surface area contributed by atoms with Crippen LogP contribution < -0.4 is 5.73 Å². The highest BCUT2D eigenvalue weighted by Crippen LogP contribution is 2.25. The van der Waals surface area contributed by atoms with Crippen LogP contribution in [0.3, 0.4) is 0 Å². The van der Waals surface area contributed by atoms with Gasteiger partial charge >= 0.3 is 0 Å². The molecule has 0 saturated heterocycles. The minimum absolute atomic E-state index is 0.0232. The monoisotopic (exact) mass is 267 g/mol. The fraction of sp³-hybridized carbons (Fsp3) is 0.250. The van der Waals surface area contributed by atoms with E-state index in [1.54, 1.807) is 12.4 Å². The Bertz CT molecular complexity index is 667. The third-order valence-electron chi connectivity index (χ3n) is 3.72. The van der Waals surface area contributed by atoms with Gasteiger partial charge in [-0.25, -0.2) is 0 Å². The van der Waals surface area contributed by atoms with Crippen LogP contribution in [-0.4, -0.2) is 22.3 Å². The molecule has 1 amide bonds. The van der Waals surface area contributed by atoms with Gasteiger partial charge in [-0.2, -0.15) is 0 Å². The summed E-state index contributed by atoms with van der Waals surface area (Å²) in [6.07, 6.45) is 4.23. The number of nitrogens with zero attached hydrogens (tertiary/aromatic N) is 2. The molecule has 0 aliphatic carbocycles. The zero-order valence-corrected chi connectivity index (χ0v) is 11.5. The number of nitrogens with two attached hydrogens (primary N) is 1. The first-order valence-electron chi connectivity index (χ1n) is 6.72. The lowest BCUT2D eigenvalue weighted by atomic mass is 9.97. The summed E-state index contributed by atoms with van der Waals surface area (Å²) in [4.78, 5) is 18.5. The zero-order chi connectivity index (χ0) is 14.1. The second kappa shape index (κ2) is 4.96. The Morgan fingerprint density at radius 2 is 2.20 bits per heavy atom. The number of amides is 1. The van der Waals surface area contributed by atoms with Crippen LogP contribution in [0.4, 0.5) is 5.69 Å². The van der Waals surface area contributed by atoms with Crippen molar-refractivity contribution in [1.82, 2.24) is 9.88 Å². The van der Waals surface area contributed by atoms with E-state index < -0.39 is 0 Å². The van der Waals surface area contributed by atoms with E-state index in [4.69, 9.17) is 5.73 Å². The molecule has 0 bridgehead atoms. The summed E-state index contributed by atoms with van der Waals surface area (Å²) in [5.74, 6) is 0.0232. The quantitative estimate of drug-likeness (QED) is 0.806. The maximum atomic E-state index is 12.5. The fourth-order valence-corrected chi connectivity index (χ4v) is 2.63. The van der Waals surface area contributed by atoms with Gasteiger partial charge < -0.3 is 10.6 Å². The van der Waals surface area contributed by atoms with Crippen LogP contribution in [-0.2, 0) is 13.0 Å². The number of carbonyl (C=O) groups is 1. The largest absolute Gasteiger partial charge is 0.398 e. The van der Waals surface area contributed by atoms with Gasteiger partial charge in [-0.3, -0.25) is 9.78 Å². The summed E-state index contributed by atoms with van der Waals surface area (Å²) in [7, 11) is 0. The Kier molecular flexibility index (Phi) is 3.14. The van der Waals surface area contributed by atoms with Gasteiger partial charge in [-0.1, -0.05) is 12.1 Å². The molecule has 1 aliphatic heterocycles. The van der Waals surface area contributed by atoms with Crippen LogP contribution >= 0.6 is 0 Å². The van der Waals surface area contributed by atoms with Crippen molar-refractivity contribution < 1.29 is 4.79 Å². The average Bonchev–Trinajstić information content (AvgIpc) is 2.47. The van der Waals surface area contributed by atoms with Gasteiger partial charge in [0.1, 0.15) is 0 Å². The van der Waals surface area contributed by atoms with Gasteiger partial charge in [0.15, 0.2) is 0 Å². The Morgan fingerprint density at radius 3 is 3.00 bits per heavy atom. The lowest BCUT2D eigenvalue weighted by molar-refractivity contribution is 0.0734. The third-order valence-corrected chi connectivity index (χ3v) is 3.72. The molecular weight excluding hydrogens is 250 g/mol. The smallest absolute Gasteiger partial charge is 0.255 e. The molecule has 0 spiro atoms. The molecule has 1 aromatic carbocycles. The fourth-order valence-electron chi connectivity index (χ4n) is 2.63. The minimum Gasteiger partial charge on any atom is -0.398 e. The van der Waals surface area contributed by atoms with Crippen LogP contribution in [0.15, 0.2) is 36.7 Å². The molecular formula is C16H17N3O. The number of hydrogen-bond acceptors (Lipinski definition) is 3. The lowest BCUT2D eigenvalue weighted by Gasteiger charge is -2.29. The third kappa shape index (κ3) is 2.25. The van der Waals surface area contributed by atoms with Crippen molar-refractivity contribution in [2.45, 2.75) is 19.9 Å². The number of benzene rings is 1. The first kappa shape index (κ1) is 12.7. The molecule has 1 aromatic heterocycles. The van der Waals surface area contributed by atoms with E-state index in [9.17, 15) is 4.79 Å². The number of aromatic nitrogens is 1. The van der Waals surface area contributed by atoms with E-state index >= 15 is 0 Å². The van der Waals surface area contributed by atoms with Crippen LogP contribution in [0.2, 0.25) is 0 Å². The standard InChI is InChI=1S/C16H17N3O/c1-11-7-13(9-18-8-11)16(20)19-6-5-12-3-2-4-15(17)14(12)10-19/h2-4,7-9H,5-6,10,17H2,1H3. The average molecular weight is 267 g/mol. The summed E-state index contributed by atoms with van der Waals surface area (Å²) in [6.45, 7) is 3.24. The molecule has 0 atom stereocenters. The highest BCUT2D eigenvalue weighted by atomic mass is 16.2. The van der Waals surface area contributed by atoms with Gasteiger partial charge in [0.2, 0.25) is 0 Å².